The highest BCUT2D eigenvalue weighted by molar-refractivity contribution is 5.44. The molecular weight excluding hydrogens is 281 g/mol. The molecule has 2 rings (SSSR count). The Morgan fingerprint density at radius 2 is 1.95 bits per heavy atom. The first-order chi connectivity index (χ1) is 9.90. The van der Waals surface area contributed by atoms with E-state index in [9.17, 15) is 13.2 Å². The Bertz CT molecular complexity index is 597. The third-order valence-electron chi connectivity index (χ3n) is 3.03. The molecule has 0 aliphatic carbocycles. The first-order valence-electron chi connectivity index (χ1n) is 6.34. The van der Waals surface area contributed by atoms with Crippen molar-refractivity contribution in [3.8, 4) is 5.75 Å². The third-order valence-corrected chi connectivity index (χ3v) is 3.03. The van der Waals surface area contributed by atoms with Crippen LogP contribution in [-0.4, -0.2) is 12.1 Å². The second kappa shape index (κ2) is 6.03. The molecule has 0 radical (unpaired) electrons. The highest BCUT2D eigenvalue weighted by atomic mass is 19.4. The number of pyridine rings is 1. The van der Waals surface area contributed by atoms with E-state index in [1.165, 1.54) is 12.3 Å². The first kappa shape index (κ1) is 15.2. The van der Waals surface area contributed by atoms with Gasteiger partial charge in [-0.3, -0.25) is 0 Å². The molecule has 1 unspecified atom stereocenters. The van der Waals surface area contributed by atoms with E-state index in [0.717, 1.165) is 17.4 Å². The highest BCUT2D eigenvalue weighted by Gasteiger charge is 2.32. The number of nitrogens with zero attached hydrogens (tertiary/aromatic N) is 1. The van der Waals surface area contributed by atoms with Gasteiger partial charge in [0.05, 0.1) is 19.0 Å². The van der Waals surface area contributed by atoms with Crippen molar-refractivity contribution in [1.82, 2.24) is 4.98 Å². The fraction of sp³-hybridized carbons (Fsp3) is 0.267. The minimum absolute atomic E-state index is 0.0846. The summed E-state index contributed by atoms with van der Waals surface area (Å²) in [5, 5.41) is 3.10. The maximum Gasteiger partial charge on any atom is 0.433 e. The minimum Gasteiger partial charge on any atom is -0.497 e. The summed E-state index contributed by atoms with van der Waals surface area (Å²) < 4.78 is 42.4. The summed E-state index contributed by atoms with van der Waals surface area (Å²) in [4.78, 5) is 3.42. The number of alkyl halides is 3. The number of methoxy groups -OCH3 is 1. The van der Waals surface area contributed by atoms with Crippen LogP contribution in [0.1, 0.15) is 24.2 Å². The average molecular weight is 296 g/mol. The van der Waals surface area contributed by atoms with Crippen LogP contribution >= 0.6 is 0 Å². The van der Waals surface area contributed by atoms with Crippen molar-refractivity contribution in [2.24, 2.45) is 0 Å². The van der Waals surface area contributed by atoms with Gasteiger partial charge < -0.3 is 10.1 Å². The Hall–Kier alpha value is -2.24. The molecule has 0 saturated heterocycles. The molecule has 0 bridgehead atoms. The molecule has 6 heteroatoms. The largest absolute Gasteiger partial charge is 0.497 e. The number of hydrogen-bond acceptors (Lipinski definition) is 3. The van der Waals surface area contributed by atoms with Crippen molar-refractivity contribution < 1.29 is 17.9 Å². The van der Waals surface area contributed by atoms with Crippen LogP contribution in [-0.2, 0) is 6.18 Å². The zero-order valence-electron chi connectivity index (χ0n) is 11.6. The second-order valence-electron chi connectivity index (χ2n) is 4.57. The van der Waals surface area contributed by atoms with Crippen LogP contribution in [0.4, 0.5) is 18.9 Å². The molecule has 21 heavy (non-hydrogen) atoms. The van der Waals surface area contributed by atoms with Gasteiger partial charge in [-0.05, 0) is 36.8 Å². The molecule has 0 aliphatic heterocycles. The SMILES string of the molecule is COc1cccc(C(C)Nc2ccc(C(F)(F)F)nc2)c1. The number of anilines is 1. The molecule has 1 aromatic heterocycles. The van der Waals surface area contributed by atoms with Gasteiger partial charge in [-0.15, -0.1) is 0 Å². The predicted octanol–water partition coefficient (Wildman–Crippen LogP) is 4.28. The Kier molecular flexibility index (Phi) is 4.35. The monoisotopic (exact) mass is 296 g/mol. The van der Waals surface area contributed by atoms with E-state index in [0.29, 0.717) is 5.69 Å². The lowest BCUT2D eigenvalue weighted by Gasteiger charge is -2.16. The van der Waals surface area contributed by atoms with Gasteiger partial charge >= 0.3 is 6.18 Å². The van der Waals surface area contributed by atoms with E-state index in [-0.39, 0.29) is 6.04 Å². The van der Waals surface area contributed by atoms with Crippen molar-refractivity contribution in [3.05, 3.63) is 53.9 Å². The van der Waals surface area contributed by atoms with E-state index in [2.05, 4.69) is 10.3 Å². The minimum atomic E-state index is -4.42. The van der Waals surface area contributed by atoms with Gasteiger partial charge in [0, 0.05) is 6.04 Å². The van der Waals surface area contributed by atoms with E-state index >= 15 is 0 Å². The first-order valence-corrected chi connectivity index (χ1v) is 6.34. The summed E-state index contributed by atoms with van der Waals surface area (Å²) in [5.41, 5.74) is 0.592. The number of aromatic nitrogens is 1. The quantitative estimate of drug-likeness (QED) is 0.914. The summed E-state index contributed by atoms with van der Waals surface area (Å²) in [6.07, 6.45) is -3.24. The zero-order valence-corrected chi connectivity index (χ0v) is 11.6. The molecule has 1 N–H and O–H groups in total. The van der Waals surface area contributed by atoms with Crippen molar-refractivity contribution in [2.45, 2.75) is 19.1 Å². The maximum absolute atomic E-state index is 12.4. The van der Waals surface area contributed by atoms with Gasteiger partial charge in [-0.2, -0.15) is 13.2 Å². The molecule has 0 saturated carbocycles. The molecular formula is C15H15F3N2O. The number of ether oxygens (including phenoxy) is 1. The lowest BCUT2D eigenvalue weighted by Crippen LogP contribution is -2.10. The molecule has 112 valence electrons. The molecule has 1 aromatic carbocycles. The highest BCUT2D eigenvalue weighted by Crippen LogP contribution is 2.28. The van der Waals surface area contributed by atoms with Gasteiger partial charge in [0.15, 0.2) is 0 Å². The molecule has 3 nitrogen and oxygen atoms in total. The summed E-state index contributed by atoms with van der Waals surface area (Å²) in [5.74, 6) is 0.728. The van der Waals surface area contributed by atoms with E-state index < -0.39 is 11.9 Å². The fourth-order valence-corrected chi connectivity index (χ4v) is 1.89. The molecule has 0 spiro atoms. The molecule has 0 fully saturated rings. The summed E-state index contributed by atoms with van der Waals surface area (Å²) in [6.45, 7) is 1.91. The second-order valence-corrected chi connectivity index (χ2v) is 4.57. The van der Waals surface area contributed by atoms with Crippen molar-refractivity contribution in [1.29, 1.82) is 0 Å². The maximum atomic E-state index is 12.4. The number of nitrogens with one attached hydrogen (secondary N) is 1. The van der Waals surface area contributed by atoms with Crippen LogP contribution in [0.25, 0.3) is 0 Å². The third kappa shape index (κ3) is 3.87. The van der Waals surface area contributed by atoms with Crippen molar-refractivity contribution in [3.63, 3.8) is 0 Å². The lowest BCUT2D eigenvalue weighted by molar-refractivity contribution is -0.141. The van der Waals surface area contributed by atoms with E-state index in [1.807, 2.05) is 31.2 Å². The Morgan fingerprint density at radius 3 is 2.52 bits per heavy atom. The Balaban J connectivity index is 2.10. The van der Waals surface area contributed by atoms with Crippen molar-refractivity contribution >= 4 is 5.69 Å². The van der Waals surface area contributed by atoms with Gasteiger partial charge in [-0.1, -0.05) is 12.1 Å². The normalized spacial score (nSPS) is 12.8. The van der Waals surface area contributed by atoms with Crippen molar-refractivity contribution in [2.75, 3.05) is 12.4 Å². The number of benzene rings is 1. The van der Waals surface area contributed by atoms with E-state index in [1.54, 1.807) is 7.11 Å². The molecule has 0 aliphatic rings. The van der Waals surface area contributed by atoms with Crippen LogP contribution in [0.3, 0.4) is 0 Å². The lowest BCUT2D eigenvalue weighted by atomic mass is 10.1. The molecule has 2 aromatic rings. The fourth-order valence-electron chi connectivity index (χ4n) is 1.89. The standard InChI is InChI=1S/C15H15F3N2O/c1-10(11-4-3-5-13(8-11)21-2)20-12-6-7-14(19-9-12)15(16,17)18/h3-10,20H,1-2H3. The Labute approximate surface area is 120 Å². The molecule has 1 atom stereocenters. The zero-order chi connectivity index (χ0) is 15.5. The number of rotatable bonds is 4. The Morgan fingerprint density at radius 1 is 1.19 bits per heavy atom. The van der Waals surface area contributed by atoms with Gasteiger partial charge in [-0.25, -0.2) is 4.98 Å². The number of halogens is 3. The summed E-state index contributed by atoms with van der Waals surface area (Å²) >= 11 is 0. The van der Waals surface area contributed by atoms with Crippen LogP contribution < -0.4 is 10.1 Å². The van der Waals surface area contributed by atoms with Crippen LogP contribution in [0, 0.1) is 0 Å². The average Bonchev–Trinajstić information content (AvgIpc) is 2.47. The topological polar surface area (TPSA) is 34.1 Å². The number of hydrogen-bond donors (Lipinski definition) is 1. The molecule has 0 amide bonds. The summed E-state index contributed by atoms with van der Waals surface area (Å²) in [7, 11) is 1.58. The van der Waals surface area contributed by atoms with E-state index in [4.69, 9.17) is 4.74 Å². The molecule has 1 heterocycles. The smallest absolute Gasteiger partial charge is 0.433 e. The van der Waals surface area contributed by atoms with Crippen LogP contribution in [0.2, 0.25) is 0 Å². The van der Waals surface area contributed by atoms with Gasteiger partial charge in [0.25, 0.3) is 0 Å². The van der Waals surface area contributed by atoms with Gasteiger partial charge in [0.1, 0.15) is 11.4 Å². The van der Waals surface area contributed by atoms with Crippen LogP contribution in [0.5, 0.6) is 5.75 Å². The predicted molar refractivity (Wildman–Crippen MR) is 74.3 cm³/mol. The summed E-state index contributed by atoms with van der Waals surface area (Å²) in [6, 6.07) is 9.71. The van der Waals surface area contributed by atoms with Crippen LogP contribution in [0.15, 0.2) is 42.6 Å². The van der Waals surface area contributed by atoms with Gasteiger partial charge in [0.2, 0.25) is 0 Å².